The van der Waals surface area contributed by atoms with Crippen molar-refractivity contribution in [3.63, 3.8) is 0 Å². The van der Waals surface area contributed by atoms with E-state index in [4.69, 9.17) is 16.6 Å². The summed E-state index contributed by atoms with van der Waals surface area (Å²) in [5.74, 6) is 0.409. The summed E-state index contributed by atoms with van der Waals surface area (Å²) in [6.45, 7) is 1.61. The molecule has 1 atom stereocenters. The standard InChI is InChI=1S/C8H12N2O3S/c1-5(11)9-3-6(12)2-7-4-10-8(14)13-7/h4,6,12H,2-3H2,1H3,(H,9,11)(H,10,14). The van der Waals surface area contributed by atoms with E-state index in [-0.39, 0.29) is 17.3 Å². The van der Waals surface area contributed by atoms with Gasteiger partial charge in [-0.1, -0.05) is 0 Å². The van der Waals surface area contributed by atoms with Crippen LogP contribution < -0.4 is 5.32 Å². The highest BCUT2D eigenvalue weighted by Crippen LogP contribution is 2.02. The van der Waals surface area contributed by atoms with Crippen molar-refractivity contribution in [2.75, 3.05) is 6.54 Å². The summed E-state index contributed by atoms with van der Waals surface area (Å²) >= 11 is 4.72. The van der Waals surface area contributed by atoms with Gasteiger partial charge >= 0.3 is 0 Å². The molecule has 14 heavy (non-hydrogen) atoms. The van der Waals surface area contributed by atoms with Gasteiger partial charge in [-0.25, -0.2) is 0 Å². The van der Waals surface area contributed by atoms with E-state index in [1.54, 1.807) is 6.20 Å². The second-order valence-corrected chi connectivity index (χ2v) is 3.31. The minimum atomic E-state index is -0.659. The van der Waals surface area contributed by atoms with Crippen LogP contribution in [-0.2, 0) is 11.2 Å². The van der Waals surface area contributed by atoms with E-state index in [9.17, 15) is 9.90 Å². The van der Waals surface area contributed by atoms with E-state index >= 15 is 0 Å². The molecule has 5 nitrogen and oxygen atoms in total. The first kappa shape index (κ1) is 10.9. The number of H-pyrrole nitrogens is 1. The lowest BCUT2D eigenvalue weighted by atomic mass is 10.2. The van der Waals surface area contributed by atoms with Gasteiger partial charge in [0.25, 0.3) is 4.84 Å². The molecular weight excluding hydrogens is 204 g/mol. The molecule has 0 radical (unpaired) electrons. The number of carbonyl (C=O) groups is 1. The lowest BCUT2D eigenvalue weighted by Crippen LogP contribution is -2.31. The zero-order valence-corrected chi connectivity index (χ0v) is 8.56. The molecule has 0 saturated heterocycles. The summed E-state index contributed by atoms with van der Waals surface area (Å²) in [7, 11) is 0. The largest absolute Gasteiger partial charge is 0.435 e. The van der Waals surface area contributed by atoms with Crippen molar-refractivity contribution in [2.45, 2.75) is 19.4 Å². The summed E-state index contributed by atoms with van der Waals surface area (Å²) in [4.78, 5) is 13.5. The number of oxazole rings is 1. The molecule has 1 aromatic heterocycles. The molecule has 6 heteroatoms. The molecule has 0 fully saturated rings. The van der Waals surface area contributed by atoms with Crippen LogP contribution in [0.5, 0.6) is 0 Å². The Morgan fingerprint density at radius 1 is 1.86 bits per heavy atom. The van der Waals surface area contributed by atoms with Crippen molar-refractivity contribution in [3.05, 3.63) is 16.8 Å². The number of amides is 1. The molecule has 3 N–H and O–H groups in total. The van der Waals surface area contributed by atoms with E-state index in [2.05, 4.69) is 10.3 Å². The predicted octanol–water partition coefficient (Wildman–Crippen LogP) is 0.377. The lowest BCUT2D eigenvalue weighted by molar-refractivity contribution is -0.119. The van der Waals surface area contributed by atoms with Crippen LogP contribution in [-0.4, -0.2) is 28.6 Å². The highest BCUT2D eigenvalue weighted by atomic mass is 32.1. The number of aromatic amines is 1. The Morgan fingerprint density at radius 3 is 3.07 bits per heavy atom. The fraction of sp³-hybridized carbons (Fsp3) is 0.500. The van der Waals surface area contributed by atoms with E-state index in [0.717, 1.165) is 0 Å². The predicted molar refractivity (Wildman–Crippen MR) is 52.3 cm³/mol. The van der Waals surface area contributed by atoms with Gasteiger partial charge in [0.05, 0.1) is 6.10 Å². The molecule has 0 spiro atoms. The van der Waals surface area contributed by atoms with Crippen molar-refractivity contribution in [1.29, 1.82) is 0 Å². The molecule has 0 bridgehead atoms. The first-order chi connectivity index (χ1) is 6.58. The van der Waals surface area contributed by atoms with Gasteiger partial charge in [-0.2, -0.15) is 0 Å². The normalized spacial score (nSPS) is 12.4. The second kappa shape index (κ2) is 4.92. The molecule has 1 rings (SSSR count). The minimum absolute atomic E-state index is 0.168. The van der Waals surface area contributed by atoms with Gasteiger partial charge in [-0.15, -0.1) is 0 Å². The Morgan fingerprint density at radius 2 is 2.57 bits per heavy atom. The van der Waals surface area contributed by atoms with Crippen molar-refractivity contribution >= 4 is 18.1 Å². The third-order valence-corrected chi connectivity index (χ3v) is 1.80. The van der Waals surface area contributed by atoms with E-state index in [1.165, 1.54) is 6.92 Å². The summed E-state index contributed by atoms with van der Waals surface area (Å²) in [6, 6.07) is 0. The van der Waals surface area contributed by atoms with Crippen LogP contribution in [0.3, 0.4) is 0 Å². The molecule has 78 valence electrons. The Kier molecular flexibility index (Phi) is 3.84. The first-order valence-corrected chi connectivity index (χ1v) is 4.58. The van der Waals surface area contributed by atoms with Crippen molar-refractivity contribution < 1.29 is 14.3 Å². The van der Waals surface area contributed by atoms with Crippen LogP contribution in [0, 0.1) is 4.84 Å². The smallest absolute Gasteiger partial charge is 0.266 e. The van der Waals surface area contributed by atoms with Crippen molar-refractivity contribution in [1.82, 2.24) is 10.3 Å². The molecule has 0 aliphatic heterocycles. The molecule has 1 amide bonds. The van der Waals surface area contributed by atoms with Crippen LogP contribution >= 0.6 is 12.2 Å². The number of aliphatic hydroxyl groups is 1. The summed E-state index contributed by atoms with van der Waals surface area (Å²) in [5, 5.41) is 11.9. The third-order valence-electron chi connectivity index (χ3n) is 1.60. The van der Waals surface area contributed by atoms with Gasteiger partial charge < -0.3 is 19.8 Å². The summed E-state index contributed by atoms with van der Waals surface area (Å²) in [6.07, 6.45) is 1.26. The Bertz CT molecular complexity index is 357. The number of carbonyl (C=O) groups excluding carboxylic acids is 1. The van der Waals surface area contributed by atoms with Gasteiger partial charge in [0, 0.05) is 26.1 Å². The fourth-order valence-corrected chi connectivity index (χ4v) is 1.15. The Labute approximate surface area is 86.1 Å². The Hall–Kier alpha value is -1.14. The maximum Gasteiger partial charge on any atom is 0.266 e. The monoisotopic (exact) mass is 216 g/mol. The van der Waals surface area contributed by atoms with E-state index < -0.39 is 6.10 Å². The molecule has 0 aromatic carbocycles. The van der Waals surface area contributed by atoms with Gasteiger partial charge in [0.15, 0.2) is 0 Å². The Balaban J connectivity index is 2.37. The highest BCUT2D eigenvalue weighted by Gasteiger charge is 2.08. The van der Waals surface area contributed by atoms with Crippen LogP contribution in [0.1, 0.15) is 12.7 Å². The highest BCUT2D eigenvalue weighted by molar-refractivity contribution is 7.71. The zero-order valence-electron chi connectivity index (χ0n) is 7.74. The van der Waals surface area contributed by atoms with Crippen LogP contribution in [0.15, 0.2) is 10.6 Å². The molecule has 1 unspecified atom stereocenters. The summed E-state index contributed by atoms with van der Waals surface area (Å²) < 4.78 is 5.05. The lowest BCUT2D eigenvalue weighted by Gasteiger charge is -2.08. The maximum atomic E-state index is 10.5. The number of aromatic nitrogens is 1. The molecule has 0 aliphatic rings. The SMILES string of the molecule is CC(=O)NCC(O)Cc1c[nH]c(=S)o1. The average Bonchev–Trinajstić information content (AvgIpc) is 2.48. The van der Waals surface area contributed by atoms with Gasteiger partial charge in [0.1, 0.15) is 5.76 Å². The zero-order chi connectivity index (χ0) is 10.6. The minimum Gasteiger partial charge on any atom is -0.435 e. The van der Waals surface area contributed by atoms with E-state index in [0.29, 0.717) is 12.2 Å². The number of aliphatic hydroxyl groups excluding tert-OH is 1. The maximum absolute atomic E-state index is 10.5. The summed E-state index contributed by atoms with van der Waals surface area (Å²) in [5.41, 5.74) is 0. The fourth-order valence-electron chi connectivity index (χ4n) is 0.984. The van der Waals surface area contributed by atoms with Gasteiger partial charge in [0.2, 0.25) is 5.91 Å². The third kappa shape index (κ3) is 3.71. The van der Waals surface area contributed by atoms with Gasteiger partial charge in [-0.3, -0.25) is 4.79 Å². The van der Waals surface area contributed by atoms with Crippen LogP contribution in [0.25, 0.3) is 0 Å². The van der Waals surface area contributed by atoms with Crippen molar-refractivity contribution in [3.8, 4) is 0 Å². The number of hydrogen-bond acceptors (Lipinski definition) is 4. The topological polar surface area (TPSA) is 78.3 Å². The number of hydrogen-bond donors (Lipinski definition) is 3. The van der Waals surface area contributed by atoms with E-state index in [1.807, 2.05) is 0 Å². The van der Waals surface area contributed by atoms with Crippen LogP contribution in [0.4, 0.5) is 0 Å². The quantitative estimate of drug-likeness (QED) is 0.636. The average molecular weight is 216 g/mol. The number of nitrogens with one attached hydrogen (secondary N) is 2. The molecule has 1 aromatic rings. The second-order valence-electron chi connectivity index (χ2n) is 2.94. The first-order valence-electron chi connectivity index (χ1n) is 4.18. The molecular formula is C8H12N2O3S. The molecule has 0 saturated carbocycles. The van der Waals surface area contributed by atoms with Crippen molar-refractivity contribution in [2.24, 2.45) is 0 Å². The van der Waals surface area contributed by atoms with Crippen LogP contribution in [0.2, 0.25) is 0 Å². The molecule has 0 aliphatic carbocycles. The number of rotatable bonds is 4. The van der Waals surface area contributed by atoms with Gasteiger partial charge in [-0.05, 0) is 12.2 Å². The molecule has 1 heterocycles.